The van der Waals surface area contributed by atoms with Crippen LogP contribution in [0, 0.1) is 6.92 Å². The molecule has 1 aromatic heterocycles. The highest BCUT2D eigenvalue weighted by atomic mass is 35.5. The van der Waals surface area contributed by atoms with Crippen LogP contribution in [0.5, 0.6) is 0 Å². The van der Waals surface area contributed by atoms with Gasteiger partial charge in [-0.1, -0.05) is 23.7 Å². The van der Waals surface area contributed by atoms with E-state index in [9.17, 15) is 18.0 Å². The first-order valence-corrected chi connectivity index (χ1v) is 8.38. The zero-order valence-corrected chi connectivity index (χ0v) is 15.0. The molecule has 1 N–H and O–H groups in total. The fourth-order valence-corrected chi connectivity index (χ4v) is 2.69. The van der Waals surface area contributed by atoms with Crippen molar-refractivity contribution in [3.8, 4) is 5.69 Å². The molecule has 0 spiro atoms. The Morgan fingerprint density at radius 2 is 1.74 bits per heavy atom. The summed E-state index contributed by atoms with van der Waals surface area (Å²) in [6.07, 6.45) is -2.93. The molecular weight excluding hydrogens is 379 g/mol. The van der Waals surface area contributed by atoms with Crippen molar-refractivity contribution in [1.29, 1.82) is 0 Å². The molecule has 0 saturated heterocycles. The molecule has 0 aliphatic carbocycles. The summed E-state index contributed by atoms with van der Waals surface area (Å²) in [5, 5.41) is 7.51. The molecule has 27 heavy (non-hydrogen) atoms. The minimum absolute atomic E-state index is 0.114. The highest BCUT2D eigenvalue weighted by molar-refractivity contribution is 6.30. The van der Waals surface area contributed by atoms with Crippen molar-refractivity contribution >= 4 is 17.5 Å². The van der Waals surface area contributed by atoms with Gasteiger partial charge in [-0.2, -0.15) is 18.3 Å². The number of hydrogen-bond acceptors (Lipinski definition) is 2. The maximum atomic E-state index is 12.6. The Hall–Kier alpha value is -2.80. The van der Waals surface area contributed by atoms with Crippen LogP contribution in [0.15, 0.2) is 54.7 Å². The fourth-order valence-electron chi connectivity index (χ4n) is 2.56. The van der Waals surface area contributed by atoms with Gasteiger partial charge in [-0.25, -0.2) is 4.68 Å². The SMILES string of the molecule is Cc1c(C(=O)NCc2ccc(C(F)(F)F)cc2)cnn1-c1ccc(Cl)cc1. The van der Waals surface area contributed by atoms with Gasteiger partial charge in [0.1, 0.15) is 0 Å². The molecule has 2 aromatic carbocycles. The highest BCUT2D eigenvalue weighted by Crippen LogP contribution is 2.29. The molecule has 0 aliphatic rings. The predicted molar refractivity (Wildman–Crippen MR) is 95.9 cm³/mol. The van der Waals surface area contributed by atoms with Gasteiger partial charge in [0.05, 0.1) is 28.7 Å². The molecule has 0 bridgehead atoms. The Labute approximate surface area is 158 Å². The lowest BCUT2D eigenvalue weighted by molar-refractivity contribution is -0.137. The first-order chi connectivity index (χ1) is 12.8. The summed E-state index contributed by atoms with van der Waals surface area (Å²) in [6.45, 7) is 1.87. The second kappa shape index (κ2) is 7.44. The zero-order chi connectivity index (χ0) is 19.6. The predicted octanol–water partition coefficient (Wildman–Crippen LogP) is 4.78. The normalized spacial score (nSPS) is 11.4. The Morgan fingerprint density at radius 3 is 2.33 bits per heavy atom. The van der Waals surface area contributed by atoms with Crippen LogP contribution in [0.2, 0.25) is 5.02 Å². The molecule has 3 rings (SSSR count). The van der Waals surface area contributed by atoms with Crippen molar-refractivity contribution in [3.63, 3.8) is 0 Å². The van der Waals surface area contributed by atoms with E-state index in [-0.39, 0.29) is 12.5 Å². The number of alkyl halides is 3. The molecule has 0 saturated carbocycles. The smallest absolute Gasteiger partial charge is 0.348 e. The van der Waals surface area contributed by atoms with Crippen molar-refractivity contribution in [2.24, 2.45) is 0 Å². The van der Waals surface area contributed by atoms with E-state index in [0.29, 0.717) is 21.8 Å². The summed E-state index contributed by atoms with van der Waals surface area (Å²) in [7, 11) is 0. The summed E-state index contributed by atoms with van der Waals surface area (Å²) in [5.41, 5.74) is 1.63. The molecular formula is C19H15ClF3N3O. The molecule has 0 atom stereocenters. The monoisotopic (exact) mass is 393 g/mol. The van der Waals surface area contributed by atoms with Gasteiger partial charge in [0, 0.05) is 11.6 Å². The molecule has 1 amide bonds. The minimum atomic E-state index is -4.38. The van der Waals surface area contributed by atoms with E-state index in [4.69, 9.17) is 11.6 Å². The van der Waals surface area contributed by atoms with Crippen LogP contribution < -0.4 is 5.32 Å². The number of aromatic nitrogens is 2. The lowest BCUT2D eigenvalue weighted by Gasteiger charge is -2.09. The molecule has 0 aliphatic heterocycles. The van der Waals surface area contributed by atoms with Crippen LogP contribution in [0.1, 0.15) is 27.2 Å². The van der Waals surface area contributed by atoms with E-state index in [1.807, 2.05) is 0 Å². The first kappa shape index (κ1) is 19.0. The van der Waals surface area contributed by atoms with Crippen LogP contribution >= 0.6 is 11.6 Å². The van der Waals surface area contributed by atoms with Crippen molar-refractivity contribution in [3.05, 3.63) is 82.1 Å². The Morgan fingerprint density at radius 1 is 1.11 bits per heavy atom. The van der Waals surface area contributed by atoms with Crippen molar-refractivity contribution in [2.75, 3.05) is 0 Å². The number of carbonyl (C=O) groups is 1. The highest BCUT2D eigenvalue weighted by Gasteiger charge is 2.29. The van der Waals surface area contributed by atoms with Crippen molar-refractivity contribution in [1.82, 2.24) is 15.1 Å². The Kier molecular flexibility index (Phi) is 5.23. The summed E-state index contributed by atoms with van der Waals surface area (Å²) in [5.74, 6) is -0.354. The Bertz CT molecular complexity index is 948. The number of nitrogens with zero attached hydrogens (tertiary/aromatic N) is 2. The third-order valence-electron chi connectivity index (χ3n) is 4.06. The molecule has 1 heterocycles. The fraction of sp³-hybridized carbons (Fsp3) is 0.158. The van der Waals surface area contributed by atoms with Crippen LogP contribution in [-0.2, 0) is 12.7 Å². The minimum Gasteiger partial charge on any atom is -0.348 e. The van der Waals surface area contributed by atoms with Gasteiger partial charge in [-0.05, 0) is 48.9 Å². The summed E-state index contributed by atoms with van der Waals surface area (Å²) in [4.78, 5) is 12.4. The number of benzene rings is 2. The number of halogens is 4. The first-order valence-electron chi connectivity index (χ1n) is 8.00. The molecule has 3 aromatic rings. The van der Waals surface area contributed by atoms with E-state index < -0.39 is 11.7 Å². The third-order valence-corrected chi connectivity index (χ3v) is 4.31. The number of amides is 1. The van der Waals surface area contributed by atoms with Crippen LogP contribution in [0.4, 0.5) is 13.2 Å². The number of carbonyl (C=O) groups excluding carboxylic acids is 1. The molecule has 0 radical (unpaired) electrons. The summed E-state index contributed by atoms with van der Waals surface area (Å²) >= 11 is 5.87. The second-order valence-electron chi connectivity index (χ2n) is 5.91. The van der Waals surface area contributed by atoms with Gasteiger partial charge in [-0.3, -0.25) is 4.79 Å². The van der Waals surface area contributed by atoms with E-state index in [1.54, 1.807) is 35.9 Å². The van der Waals surface area contributed by atoms with Crippen molar-refractivity contribution in [2.45, 2.75) is 19.6 Å². The topological polar surface area (TPSA) is 46.9 Å². The van der Waals surface area contributed by atoms with Crippen LogP contribution in [0.25, 0.3) is 5.69 Å². The van der Waals surface area contributed by atoms with Gasteiger partial charge in [-0.15, -0.1) is 0 Å². The second-order valence-corrected chi connectivity index (χ2v) is 6.35. The maximum absolute atomic E-state index is 12.6. The van der Waals surface area contributed by atoms with Gasteiger partial charge in [0.2, 0.25) is 0 Å². The quantitative estimate of drug-likeness (QED) is 0.693. The molecule has 0 fully saturated rings. The molecule has 140 valence electrons. The van der Waals surface area contributed by atoms with Gasteiger partial charge in [0.15, 0.2) is 0 Å². The number of hydrogen-bond donors (Lipinski definition) is 1. The zero-order valence-electron chi connectivity index (χ0n) is 14.2. The molecule has 4 nitrogen and oxygen atoms in total. The average Bonchev–Trinajstić information content (AvgIpc) is 3.01. The summed E-state index contributed by atoms with van der Waals surface area (Å²) in [6, 6.07) is 11.7. The molecule has 0 unspecified atom stereocenters. The average molecular weight is 394 g/mol. The standard InChI is InChI=1S/C19H15ClF3N3O/c1-12-17(11-25-26(12)16-8-6-15(20)7-9-16)18(27)24-10-13-2-4-14(5-3-13)19(21,22)23/h2-9,11H,10H2,1H3,(H,24,27). The third kappa shape index (κ3) is 4.31. The van der Waals surface area contributed by atoms with E-state index >= 15 is 0 Å². The molecule has 8 heteroatoms. The van der Waals surface area contributed by atoms with Crippen molar-refractivity contribution < 1.29 is 18.0 Å². The largest absolute Gasteiger partial charge is 0.416 e. The maximum Gasteiger partial charge on any atom is 0.416 e. The lowest BCUT2D eigenvalue weighted by atomic mass is 10.1. The van der Waals surface area contributed by atoms with E-state index in [2.05, 4.69) is 10.4 Å². The number of nitrogens with one attached hydrogen (secondary N) is 1. The lowest BCUT2D eigenvalue weighted by Crippen LogP contribution is -2.23. The van der Waals surface area contributed by atoms with Crippen LogP contribution in [0.3, 0.4) is 0 Å². The summed E-state index contributed by atoms with van der Waals surface area (Å²) < 4.78 is 39.3. The van der Waals surface area contributed by atoms with Gasteiger partial charge in [0.25, 0.3) is 5.91 Å². The van der Waals surface area contributed by atoms with Gasteiger partial charge < -0.3 is 5.32 Å². The van der Waals surface area contributed by atoms with Crippen LogP contribution in [-0.4, -0.2) is 15.7 Å². The van der Waals surface area contributed by atoms with E-state index in [1.165, 1.54) is 18.3 Å². The van der Waals surface area contributed by atoms with Gasteiger partial charge >= 0.3 is 6.18 Å². The Balaban J connectivity index is 1.69. The number of rotatable bonds is 4. The van der Waals surface area contributed by atoms with E-state index in [0.717, 1.165) is 17.8 Å².